The summed E-state index contributed by atoms with van der Waals surface area (Å²) in [6.45, 7) is 0. The Bertz CT molecular complexity index is 1110. The fourth-order valence-corrected chi connectivity index (χ4v) is 3.35. The quantitative estimate of drug-likeness (QED) is 0.567. The molecule has 0 atom stereocenters. The molecule has 0 aliphatic rings. The smallest absolute Gasteiger partial charge is 0.230 e. The van der Waals surface area contributed by atoms with Crippen LogP contribution in [-0.2, 0) is 11.2 Å². The van der Waals surface area contributed by atoms with Crippen molar-refractivity contribution < 1.29 is 13.6 Å². The fraction of sp³-hybridized carbons (Fsp3) is 0.0556. The first kappa shape index (κ1) is 16.3. The van der Waals surface area contributed by atoms with E-state index in [9.17, 15) is 13.6 Å². The highest BCUT2D eigenvalue weighted by Gasteiger charge is 2.13. The lowest BCUT2D eigenvalue weighted by Gasteiger charge is -2.03. The van der Waals surface area contributed by atoms with Crippen molar-refractivity contribution in [1.29, 1.82) is 0 Å². The van der Waals surface area contributed by atoms with Crippen LogP contribution in [0.15, 0.2) is 48.1 Å². The predicted molar refractivity (Wildman–Crippen MR) is 95.9 cm³/mol. The van der Waals surface area contributed by atoms with Gasteiger partial charge in [0, 0.05) is 34.8 Å². The molecule has 2 N–H and O–H groups in total. The number of anilines is 1. The third-order valence-electron chi connectivity index (χ3n) is 3.84. The summed E-state index contributed by atoms with van der Waals surface area (Å²) >= 11 is 1.27. The van der Waals surface area contributed by atoms with Gasteiger partial charge in [0.05, 0.1) is 12.1 Å². The predicted octanol–water partition coefficient (Wildman–Crippen LogP) is 4.15. The van der Waals surface area contributed by atoms with Gasteiger partial charge in [-0.2, -0.15) is 0 Å². The van der Waals surface area contributed by atoms with Crippen LogP contribution in [0.5, 0.6) is 0 Å². The summed E-state index contributed by atoms with van der Waals surface area (Å²) in [7, 11) is 0. The highest BCUT2D eigenvalue weighted by molar-refractivity contribution is 7.14. The second-order valence-corrected chi connectivity index (χ2v) is 6.46. The minimum atomic E-state index is -0.744. The second kappa shape index (κ2) is 6.64. The number of H-pyrrole nitrogens is 1. The first-order chi connectivity index (χ1) is 12.6. The Labute approximate surface area is 150 Å². The van der Waals surface area contributed by atoms with E-state index < -0.39 is 17.5 Å². The third kappa shape index (κ3) is 3.18. The molecule has 0 spiro atoms. The molecule has 4 aromatic rings. The van der Waals surface area contributed by atoms with Crippen molar-refractivity contribution in [1.82, 2.24) is 15.0 Å². The number of carbonyl (C=O) groups is 1. The van der Waals surface area contributed by atoms with Crippen LogP contribution in [0.3, 0.4) is 0 Å². The first-order valence-corrected chi connectivity index (χ1v) is 8.60. The number of nitrogens with zero attached hydrogens (tertiary/aromatic N) is 2. The van der Waals surface area contributed by atoms with Crippen LogP contribution < -0.4 is 5.32 Å². The maximum absolute atomic E-state index is 13.6. The number of aromatic nitrogens is 3. The van der Waals surface area contributed by atoms with Gasteiger partial charge in [-0.3, -0.25) is 4.79 Å². The van der Waals surface area contributed by atoms with Gasteiger partial charge in [0.2, 0.25) is 5.91 Å². The molecule has 3 aromatic heterocycles. The van der Waals surface area contributed by atoms with Crippen molar-refractivity contribution in [3.05, 3.63) is 65.3 Å². The number of rotatable bonds is 4. The van der Waals surface area contributed by atoms with Gasteiger partial charge in [-0.05, 0) is 23.8 Å². The van der Waals surface area contributed by atoms with Crippen molar-refractivity contribution in [3.63, 3.8) is 0 Å². The summed E-state index contributed by atoms with van der Waals surface area (Å²) < 4.78 is 26.6. The highest BCUT2D eigenvalue weighted by Crippen LogP contribution is 2.30. The van der Waals surface area contributed by atoms with Gasteiger partial charge >= 0.3 is 0 Å². The maximum Gasteiger partial charge on any atom is 0.230 e. The molecular formula is C18H12F2N4OS. The van der Waals surface area contributed by atoms with E-state index in [1.54, 1.807) is 6.20 Å². The SMILES string of the molecule is O=C(Cc1ccc(F)cc1F)Nc1nc(-c2c[nH]c3ncccc23)cs1. The molecule has 0 bridgehead atoms. The molecule has 3 heterocycles. The number of fused-ring (bicyclic) bond motifs is 1. The van der Waals surface area contributed by atoms with E-state index in [4.69, 9.17) is 0 Å². The van der Waals surface area contributed by atoms with E-state index in [1.165, 1.54) is 17.4 Å². The van der Waals surface area contributed by atoms with Crippen LogP contribution in [0.2, 0.25) is 0 Å². The van der Waals surface area contributed by atoms with Crippen LogP contribution in [0.1, 0.15) is 5.56 Å². The molecule has 0 aliphatic carbocycles. The monoisotopic (exact) mass is 370 g/mol. The zero-order valence-corrected chi connectivity index (χ0v) is 14.1. The van der Waals surface area contributed by atoms with E-state index >= 15 is 0 Å². The Hall–Kier alpha value is -3.13. The summed E-state index contributed by atoms with van der Waals surface area (Å²) in [5, 5.41) is 5.81. The lowest BCUT2D eigenvalue weighted by atomic mass is 10.1. The highest BCUT2D eigenvalue weighted by atomic mass is 32.1. The number of amides is 1. The Morgan fingerprint density at radius 1 is 1.27 bits per heavy atom. The van der Waals surface area contributed by atoms with Crippen LogP contribution in [0, 0.1) is 11.6 Å². The Morgan fingerprint density at radius 3 is 3.00 bits per heavy atom. The number of nitrogens with one attached hydrogen (secondary N) is 2. The molecule has 4 rings (SSSR count). The molecule has 130 valence electrons. The summed E-state index contributed by atoms with van der Waals surface area (Å²) in [6.07, 6.45) is 3.31. The van der Waals surface area contributed by atoms with Gasteiger partial charge in [-0.15, -0.1) is 11.3 Å². The zero-order valence-electron chi connectivity index (χ0n) is 13.3. The molecule has 0 saturated carbocycles. The molecule has 0 aliphatic heterocycles. The number of pyridine rings is 1. The van der Waals surface area contributed by atoms with Crippen molar-refractivity contribution in [2.45, 2.75) is 6.42 Å². The van der Waals surface area contributed by atoms with E-state index in [-0.39, 0.29) is 12.0 Å². The molecule has 8 heteroatoms. The Balaban J connectivity index is 1.50. The summed E-state index contributed by atoms with van der Waals surface area (Å²) in [5.41, 5.74) is 2.48. The van der Waals surface area contributed by atoms with Crippen LogP contribution in [0.25, 0.3) is 22.3 Å². The first-order valence-electron chi connectivity index (χ1n) is 7.72. The zero-order chi connectivity index (χ0) is 18.1. The molecule has 1 amide bonds. The van der Waals surface area contributed by atoms with Crippen LogP contribution in [0.4, 0.5) is 13.9 Å². The Morgan fingerprint density at radius 2 is 2.15 bits per heavy atom. The van der Waals surface area contributed by atoms with Gasteiger partial charge in [0.15, 0.2) is 5.13 Å². The van der Waals surface area contributed by atoms with Crippen molar-refractivity contribution in [2.75, 3.05) is 5.32 Å². The molecular weight excluding hydrogens is 358 g/mol. The molecule has 0 fully saturated rings. The maximum atomic E-state index is 13.6. The standard InChI is InChI=1S/C18H12F2N4OS/c19-11-4-3-10(14(20)7-11)6-16(25)24-18-23-15(9-26-18)13-8-22-17-12(13)2-1-5-21-17/h1-5,7-9H,6H2,(H,21,22)(H,23,24,25). The largest absolute Gasteiger partial charge is 0.345 e. The molecule has 5 nitrogen and oxygen atoms in total. The fourth-order valence-electron chi connectivity index (χ4n) is 2.62. The van der Waals surface area contributed by atoms with Crippen molar-refractivity contribution >= 4 is 33.4 Å². The third-order valence-corrected chi connectivity index (χ3v) is 4.60. The topological polar surface area (TPSA) is 70.7 Å². The number of halogens is 2. The lowest BCUT2D eigenvalue weighted by Crippen LogP contribution is -2.15. The number of aromatic amines is 1. The van der Waals surface area contributed by atoms with Crippen molar-refractivity contribution in [2.24, 2.45) is 0 Å². The Kier molecular flexibility index (Phi) is 4.18. The van der Waals surface area contributed by atoms with E-state index in [0.717, 1.165) is 28.7 Å². The average molecular weight is 370 g/mol. The minimum absolute atomic E-state index is 0.128. The second-order valence-electron chi connectivity index (χ2n) is 5.60. The van der Waals surface area contributed by atoms with Gasteiger partial charge < -0.3 is 10.3 Å². The van der Waals surface area contributed by atoms with E-state index in [0.29, 0.717) is 10.8 Å². The number of hydrogen-bond acceptors (Lipinski definition) is 4. The van der Waals surface area contributed by atoms with Crippen molar-refractivity contribution in [3.8, 4) is 11.3 Å². The molecule has 0 unspecified atom stereocenters. The minimum Gasteiger partial charge on any atom is -0.345 e. The number of benzene rings is 1. The molecule has 0 radical (unpaired) electrons. The molecule has 0 saturated heterocycles. The molecule has 26 heavy (non-hydrogen) atoms. The summed E-state index contributed by atoms with van der Waals surface area (Å²) in [6, 6.07) is 6.92. The number of carbonyl (C=O) groups excluding carboxylic acids is 1. The molecule has 1 aromatic carbocycles. The average Bonchev–Trinajstić information content (AvgIpc) is 3.24. The van der Waals surface area contributed by atoms with Crippen LogP contribution in [-0.4, -0.2) is 20.9 Å². The van der Waals surface area contributed by atoms with Crippen LogP contribution >= 0.6 is 11.3 Å². The normalized spacial score (nSPS) is 11.0. The number of thiazole rings is 1. The van der Waals surface area contributed by atoms with Gasteiger partial charge in [0.25, 0.3) is 0 Å². The summed E-state index contributed by atoms with van der Waals surface area (Å²) in [4.78, 5) is 23.8. The number of hydrogen-bond donors (Lipinski definition) is 2. The van der Waals surface area contributed by atoms with Gasteiger partial charge in [-0.1, -0.05) is 6.07 Å². The van der Waals surface area contributed by atoms with Gasteiger partial charge in [0.1, 0.15) is 17.3 Å². The lowest BCUT2D eigenvalue weighted by molar-refractivity contribution is -0.115. The van der Waals surface area contributed by atoms with E-state index in [1.807, 2.05) is 23.7 Å². The van der Waals surface area contributed by atoms with Gasteiger partial charge in [-0.25, -0.2) is 18.7 Å². The van der Waals surface area contributed by atoms with E-state index in [2.05, 4.69) is 20.3 Å². The summed E-state index contributed by atoms with van der Waals surface area (Å²) in [5.74, 6) is -1.84.